The molecule has 0 radical (unpaired) electrons. The molecule has 1 aliphatic carbocycles. The topological polar surface area (TPSA) is 93.9 Å². The van der Waals surface area contributed by atoms with Crippen LogP contribution in [0.3, 0.4) is 0 Å². The van der Waals surface area contributed by atoms with Gasteiger partial charge in [-0.05, 0) is 19.8 Å². The highest BCUT2D eigenvalue weighted by Crippen LogP contribution is 2.34. The van der Waals surface area contributed by atoms with Crippen molar-refractivity contribution in [1.82, 2.24) is 15.4 Å². The minimum absolute atomic E-state index is 0.0345. The number of aryl methyl sites for hydroxylation is 1. The maximum Gasteiger partial charge on any atom is 0.344 e. The van der Waals surface area contributed by atoms with Crippen molar-refractivity contribution in [2.24, 2.45) is 0 Å². The van der Waals surface area contributed by atoms with Gasteiger partial charge in [-0.15, -0.1) is 0 Å². The van der Waals surface area contributed by atoms with E-state index in [-0.39, 0.29) is 23.6 Å². The summed E-state index contributed by atoms with van der Waals surface area (Å²) in [4.78, 5) is 27.7. The molecule has 32 heavy (non-hydrogen) atoms. The Hall–Kier alpha value is -2.71. The van der Waals surface area contributed by atoms with Crippen LogP contribution in [0.1, 0.15) is 48.2 Å². The standard InChI is InChI=1S/C24H31N3O5/c1-18-21(22(26-32-18)19-8-4-2-5-9-19)23(29)31-16-20(28)25-17-24(10-6-3-7-11-24)27-12-14-30-15-13-27/h2,4-5,8-9H,3,6-7,10-17H2,1H3,(H,25,28). The lowest BCUT2D eigenvalue weighted by atomic mass is 9.79. The van der Waals surface area contributed by atoms with E-state index in [1.165, 1.54) is 6.42 Å². The molecule has 0 bridgehead atoms. The van der Waals surface area contributed by atoms with Crippen molar-refractivity contribution in [2.75, 3.05) is 39.5 Å². The predicted molar refractivity (Wildman–Crippen MR) is 118 cm³/mol. The van der Waals surface area contributed by atoms with Gasteiger partial charge in [0.1, 0.15) is 17.0 Å². The highest BCUT2D eigenvalue weighted by Gasteiger charge is 2.38. The number of carbonyl (C=O) groups excluding carboxylic acids is 2. The van der Waals surface area contributed by atoms with Crippen molar-refractivity contribution >= 4 is 11.9 Å². The molecule has 0 atom stereocenters. The third kappa shape index (κ3) is 5.02. The fourth-order valence-corrected chi connectivity index (χ4v) is 4.78. The Bertz CT molecular complexity index is 915. The smallest absolute Gasteiger partial charge is 0.344 e. The molecule has 2 heterocycles. The second kappa shape index (κ2) is 10.3. The third-order valence-electron chi connectivity index (χ3n) is 6.53. The SMILES string of the molecule is Cc1onc(-c2ccccc2)c1C(=O)OCC(=O)NCC1(N2CCOCC2)CCCCC1. The Labute approximate surface area is 188 Å². The van der Waals surface area contributed by atoms with E-state index >= 15 is 0 Å². The molecule has 2 aromatic rings. The minimum Gasteiger partial charge on any atom is -0.452 e. The maximum absolute atomic E-state index is 12.7. The number of ether oxygens (including phenoxy) is 2. The van der Waals surface area contributed by atoms with Crippen molar-refractivity contribution in [3.05, 3.63) is 41.7 Å². The summed E-state index contributed by atoms with van der Waals surface area (Å²) < 4.78 is 16.1. The Morgan fingerprint density at radius 1 is 1.12 bits per heavy atom. The van der Waals surface area contributed by atoms with Gasteiger partial charge in [0.25, 0.3) is 5.91 Å². The zero-order chi connectivity index (χ0) is 22.4. The maximum atomic E-state index is 12.7. The highest BCUT2D eigenvalue weighted by atomic mass is 16.5. The van der Waals surface area contributed by atoms with E-state index in [4.69, 9.17) is 14.0 Å². The van der Waals surface area contributed by atoms with Crippen LogP contribution in [0.15, 0.2) is 34.9 Å². The van der Waals surface area contributed by atoms with Gasteiger partial charge in [-0.2, -0.15) is 0 Å². The Kier molecular flexibility index (Phi) is 7.22. The predicted octanol–water partition coefficient (Wildman–Crippen LogP) is 2.96. The number of benzene rings is 1. The van der Waals surface area contributed by atoms with E-state index in [1.54, 1.807) is 6.92 Å². The quantitative estimate of drug-likeness (QED) is 0.660. The summed E-state index contributed by atoms with van der Waals surface area (Å²) in [5.74, 6) is -0.548. The fraction of sp³-hybridized carbons (Fsp3) is 0.542. The molecule has 8 heteroatoms. The number of nitrogens with one attached hydrogen (secondary N) is 1. The molecule has 1 aromatic heterocycles. The van der Waals surface area contributed by atoms with E-state index in [0.717, 1.165) is 57.6 Å². The number of nitrogens with zero attached hydrogens (tertiary/aromatic N) is 2. The van der Waals surface area contributed by atoms with Crippen LogP contribution in [0, 0.1) is 6.92 Å². The van der Waals surface area contributed by atoms with Gasteiger partial charge in [-0.1, -0.05) is 54.8 Å². The molecule has 1 N–H and O–H groups in total. The largest absolute Gasteiger partial charge is 0.452 e. The van der Waals surface area contributed by atoms with Gasteiger partial charge in [-0.3, -0.25) is 9.69 Å². The number of carbonyl (C=O) groups is 2. The lowest BCUT2D eigenvalue weighted by Crippen LogP contribution is -2.59. The number of hydrogen-bond acceptors (Lipinski definition) is 7. The van der Waals surface area contributed by atoms with Crippen LogP contribution in [0.25, 0.3) is 11.3 Å². The van der Waals surface area contributed by atoms with Gasteiger partial charge >= 0.3 is 5.97 Å². The fourth-order valence-electron chi connectivity index (χ4n) is 4.78. The first-order valence-corrected chi connectivity index (χ1v) is 11.4. The molecule has 0 unspecified atom stereocenters. The van der Waals surface area contributed by atoms with Crippen LogP contribution < -0.4 is 5.32 Å². The number of aromatic nitrogens is 1. The van der Waals surface area contributed by atoms with E-state index in [1.807, 2.05) is 30.3 Å². The molecule has 2 fully saturated rings. The summed E-state index contributed by atoms with van der Waals surface area (Å²) >= 11 is 0. The van der Waals surface area contributed by atoms with Gasteiger partial charge in [0, 0.05) is 30.7 Å². The first-order valence-electron chi connectivity index (χ1n) is 11.4. The van der Waals surface area contributed by atoms with Crippen molar-refractivity contribution in [3.63, 3.8) is 0 Å². The number of rotatable bonds is 7. The molecule has 1 aromatic carbocycles. The van der Waals surface area contributed by atoms with Crippen LogP contribution in [-0.4, -0.2) is 66.9 Å². The number of amides is 1. The first kappa shape index (κ1) is 22.5. The van der Waals surface area contributed by atoms with E-state index in [2.05, 4.69) is 15.4 Å². The van der Waals surface area contributed by atoms with E-state index in [9.17, 15) is 9.59 Å². The van der Waals surface area contributed by atoms with Crippen molar-refractivity contribution in [3.8, 4) is 11.3 Å². The summed E-state index contributed by atoms with van der Waals surface area (Å²) in [6.07, 6.45) is 5.69. The van der Waals surface area contributed by atoms with Crippen LogP contribution in [0.4, 0.5) is 0 Å². The minimum atomic E-state index is -0.613. The molecular weight excluding hydrogens is 410 g/mol. The van der Waals surface area contributed by atoms with Crippen LogP contribution in [-0.2, 0) is 14.3 Å². The average molecular weight is 442 g/mol. The van der Waals surface area contributed by atoms with Crippen LogP contribution in [0.2, 0.25) is 0 Å². The van der Waals surface area contributed by atoms with Crippen LogP contribution in [0.5, 0.6) is 0 Å². The summed E-state index contributed by atoms with van der Waals surface area (Å²) in [6, 6.07) is 9.29. The molecule has 1 saturated carbocycles. The summed E-state index contributed by atoms with van der Waals surface area (Å²) in [6.45, 7) is 5.12. The normalized spacial score (nSPS) is 18.8. The number of esters is 1. The number of hydrogen-bond donors (Lipinski definition) is 1. The lowest BCUT2D eigenvalue weighted by Gasteiger charge is -2.48. The molecule has 0 spiro atoms. The highest BCUT2D eigenvalue weighted by molar-refractivity contribution is 5.98. The molecule has 4 rings (SSSR count). The molecule has 1 saturated heterocycles. The van der Waals surface area contributed by atoms with E-state index < -0.39 is 5.97 Å². The Morgan fingerprint density at radius 2 is 1.84 bits per heavy atom. The molecule has 172 valence electrons. The van der Waals surface area contributed by atoms with Crippen molar-refractivity contribution in [2.45, 2.75) is 44.6 Å². The number of morpholine rings is 1. The summed E-state index contributed by atoms with van der Waals surface area (Å²) in [7, 11) is 0. The molecular formula is C24H31N3O5. The van der Waals surface area contributed by atoms with Gasteiger partial charge in [0.2, 0.25) is 0 Å². The average Bonchev–Trinajstić information content (AvgIpc) is 3.24. The summed E-state index contributed by atoms with van der Waals surface area (Å²) in [5, 5.41) is 7.01. The van der Waals surface area contributed by atoms with Gasteiger partial charge in [0.15, 0.2) is 6.61 Å². The van der Waals surface area contributed by atoms with Crippen molar-refractivity contribution < 1.29 is 23.6 Å². The molecule has 1 amide bonds. The van der Waals surface area contributed by atoms with E-state index in [0.29, 0.717) is 18.0 Å². The Morgan fingerprint density at radius 3 is 2.56 bits per heavy atom. The third-order valence-corrected chi connectivity index (χ3v) is 6.53. The van der Waals surface area contributed by atoms with Crippen molar-refractivity contribution in [1.29, 1.82) is 0 Å². The lowest BCUT2D eigenvalue weighted by molar-refractivity contribution is -0.125. The monoisotopic (exact) mass is 441 g/mol. The van der Waals surface area contributed by atoms with Gasteiger partial charge < -0.3 is 19.3 Å². The second-order valence-corrected chi connectivity index (χ2v) is 8.57. The second-order valence-electron chi connectivity index (χ2n) is 8.57. The molecule has 1 aliphatic heterocycles. The molecule has 8 nitrogen and oxygen atoms in total. The van der Waals surface area contributed by atoms with Gasteiger partial charge in [-0.25, -0.2) is 4.79 Å². The zero-order valence-corrected chi connectivity index (χ0v) is 18.6. The Balaban J connectivity index is 1.35. The van der Waals surface area contributed by atoms with Crippen LogP contribution >= 0.6 is 0 Å². The molecule has 2 aliphatic rings. The van der Waals surface area contributed by atoms with Gasteiger partial charge in [0.05, 0.1) is 13.2 Å². The summed E-state index contributed by atoms with van der Waals surface area (Å²) in [5.41, 5.74) is 1.39. The first-order chi connectivity index (χ1) is 15.6. The zero-order valence-electron chi connectivity index (χ0n) is 18.6.